The number of hydrogen-bond donors (Lipinski definition) is 2. The second-order valence-electron chi connectivity index (χ2n) is 5.64. The maximum atomic E-state index is 12.0. The smallest absolute Gasteiger partial charge is 0.390 e. The lowest BCUT2D eigenvalue weighted by Gasteiger charge is -2.26. The van der Waals surface area contributed by atoms with Gasteiger partial charge in [-0.25, -0.2) is 10.1 Å². The molecule has 1 fully saturated rings. The van der Waals surface area contributed by atoms with Crippen molar-refractivity contribution in [2.75, 3.05) is 19.9 Å². The molecule has 0 spiro atoms. The van der Waals surface area contributed by atoms with Crippen molar-refractivity contribution >= 4 is 14.0 Å². The number of rotatable bonds is 9. The second-order valence-corrected chi connectivity index (χ2v) is 7.23. The first-order valence-electron chi connectivity index (χ1n) is 7.95. The molecule has 3 N–H and O–H groups in total. The molecule has 0 unspecified atom stereocenters. The van der Waals surface area contributed by atoms with Gasteiger partial charge < -0.3 is 14.7 Å². The molecule has 0 aromatic rings. The fraction of sp³-hybridized carbons (Fsp3) is 0.786. The third kappa shape index (κ3) is 5.99. The van der Waals surface area contributed by atoms with Crippen molar-refractivity contribution in [1.29, 1.82) is 0 Å². The van der Waals surface area contributed by atoms with E-state index in [1.165, 1.54) is 0 Å². The fourth-order valence-corrected chi connectivity index (χ4v) is 3.23. The molecule has 9 heteroatoms. The Morgan fingerprint density at radius 1 is 1.48 bits per heavy atom. The van der Waals surface area contributed by atoms with Gasteiger partial charge in [0.1, 0.15) is 19.0 Å². The highest BCUT2D eigenvalue weighted by Gasteiger charge is 2.38. The number of aliphatic hydroxyl groups excluding tert-OH is 1. The highest BCUT2D eigenvalue weighted by Crippen LogP contribution is 2.40. The van der Waals surface area contributed by atoms with E-state index in [2.05, 4.69) is 11.9 Å². The zero-order chi connectivity index (χ0) is 16.7. The minimum Gasteiger partial charge on any atom is -0.390 e. The van der Waals surface area contributed by atoms with Crippen LogP contribution in [0.25, 0.3) is 0 Å². The Labute approximate surface area is 136 Å². The van der Waals surface area contributed by atoms with Gasteiger partial charge in [-0.15, -0.1) is 0 Å². The molecular formula is C14H26N3O5P. The molecule has 2 aliphatic rings. The molecule has 0 radical (unpaired) electrons. The summed E-state index contributed by atoms with van der Waals surface area (Å²) in [6.45, 7) is 2.78. The van der Waals surface area contributed by atoms with Crippen LogP contribution in [0.15, 0.2) is 17.3 Å². The van der Waals surface area contributed by atoms with E-state index < -0.39 is 20.0 Å². The molecule has 8 nitrogen and oxygen atoms in total. The molecule has 0 bridgehead atoms. The van der Waals surface area contributed by atoms with Gasteiger partial charge in [-0.3, -0.25) is 14.0 Å². The van der Waals surface area contributed by atoms with Crippen LogP contribution in [0.2, 0.25) is 0 Å². The van der Waals surface area contributed by atoms with Crippen molar-refractivity contribution in [2.24, 2.45) is 10.5 Å². The first-order valence-corrected chi connectivity index (χ1v) is 9.56. The Morgan fingerprint density at radius 2 is 2.30 bits per heavy atom. The lowest BCUT2D eigenvalue weighted by atomic mass is 10.2. The van der Waals surface area contributed by atoms with Crippen LogP contribution >= 0.6 is 7.75 Å². The summed E-state index contributed by atoms with van der Waals surface area (Å²) in [6, 6.07) is 0. The predicted octanol–water partition coefficient (Wildman–Crippen LogP) is 1.61. The summed E-state index contributed by atoms with van der Waals surface area (Å²) < 4.78 is 28.0. The summed E-state index contributed by atoms with van der Waals surface area (Å²) in [5, 5.41) is 10.1. The monoisotopic (exact) mass is 347 g/mol. The van der Waals surface area contributed by atoms with Crippen LogP contribution in [0.4, 0.5) is 0 Å². The van der Waals surface area contributed by atoms with Gasteiger partial charge in [-0.05, 0) is 12.5 Å². The normalized spacial score (nSPS) is 29.9. The van der Waals surface area contributed by atoms with Gasteiger partial charge in [0, 0.05) is 18.8 Å². The van der Waals surface area contributed by atoms with E-state index in [1.807, 2.05) is 11.1 Å². The molecule has 0 amide bonds. The molecule has 23 heavy (non-hydrogen) atoms. The van der Waals surface area contributed by atoms with Crippen molar-refractivity contribution in [3.8, 4) is 0 Å². The van der Waals surface area contributed by atoms with Gasteiger partial charge in [-0.1, -0.05) is 19.8 Å². The molecule has 4 atom stereocenters. The topological polar surface area (TPSA) is 107 Å². The highest BCUT2D eigenvalue weighted by atomic mass is 31.2. The zero-order valence-corrected chi connectivity index (χ0v) is 14.3. The van der Waals surface area contributed by atoms with Crippen molar-refractivity contribution in [2.45, 2.75) is 51.0 Å². The minimum absolute atomic E-state index is 0.0694. The largest absolute Gasteiger partial charge is 0.402 e. The zero-order valence-electron chi connectivity index (χ0n) is 13.4. The maximum Gasteiger partial charge on any atom is 0.402 e. The molecule has 1 saturated heterocycles. The van der Waals surface area contributed by atoms with Crippen LogP contribution in [-0.4, -0.2) is 54.5 Å². The van der Waals surface area contributed by atoms with Crippen molar-refractivity contribution < 1.29 is 23.5 Å². The van der Waals surface area contributed by atoms with Crippen LogP contribution in [0.5, 0.6) is 0 Å². The SMILES string of the molecule is CCCCCO[P@](N)(=O)OC[C@H]1O[C@@H](N2C=CC=NC2)C[C@H]1O. The Kier molecular flexibility index (Phi) is 7.20. The first-order chi connectivity index (χ1) is 11.0. The molecule has 2 aliphatic heterocycles. The molecule has 0 aromatic carbocycles. The predicted molar refractivity (Wildman–Crippen MR) is 86.8 cm³/mol. The van der Waals surface area contributed by atoms with E-state index in [4.69, 9.17) is 19.3 Å². The van der Waals surface area contributed by atoms with Crippen LogP contribution in [-0.2, 0) is 18.3 Å². The Balaban J connectivity index is 1.73. The van der Waals surface area contributed by atoms with Gasteiger partial charge in [0.15, 0.2) is 0 Å². The average Bonchev–Trinajstić information content (AvgIpc) is 2.92. The second kappa shape index (κ2) is 8.92. The van der Waals surface area contributed by atoms with Crippen LogP contribution in [0.3, 0.4) is 0 Å². The number of hydrogen-bond acceptors (Lipinski definition) is 7. The van der Waals surface area contributed by atoms with Gasteiger partial charge in [0.25, 0.3) is 0 Å². The van der Waals surface area contributed by atoms with Gasteiger partial charge in [0.2, 0.25) is 0 Å². The Hall–Kier alpha value is -0.760. The molecule has 0 aliphatic carbocycles. The molecular weight excluding hydrogens is 321 g/mol. The summed E-state index contributed by atoms with van der Waals surface area (Å²) in [6.07, 6.45) is 7.04. The summed E-state index contributed by atoms with van der Waals surface area (Å²) in [5.74, 6) is 0. The first kappa shape index (κ1) is 18.6. The van der Waals surface area contributed by atoms with Crippen LogP contribution in [0, 0.1) is 0 Å². The van der Waals surface area contributed by atoms with Crippen molar-refractivity contribution in [3.05, 3.63) is 12.3 Å². The van der Waals surface area contributed by atoms with Gasteiger partial charge in [-0.2, -0.15) is 0 Å². The minimum atomic E-state index is -3.61. The van der Waals surface area contributed by atoms with E-state index in [1.54, 1.807) is 12.3 Å². The van der Waals surface area contributed by atoms with Gasteiger partial charge >= 0.3 is 7.75 Å². The number of ether oxygens (including phenoxy) is 1. The quantitative estimate of drug-likeness (QED) is 0.482. The highest BCUT2D eigenvalue weighted by molar-refractivity contribution is 7.51. The van der Waals surface area contributed by atoms with Crippen LogP contribution in [0.1, 0.15) is 32.6 Å². The van der Waals surface area contributed by atoms with E-state index in [0.29, 0.717) is 19.7 Å². The standard InChI is InChI=1S/C14H26N3O5P/c1-2-3-4-8-20-23(15,19)21-10-13-12(18)9-14(22-13)17-7-5-6-16-11-17/h5-7,12-14,18H,2-4,8-11H2,1H3,(H2,15,19)/t12-,13-,14-,23+/m1/s1. The van der Waals surface area contributed by atoms with Crippen molar-refractivity contribution in [1.82, 2.24) is 4.90 Å². The number of aliphatic imine (C=N–C) groups is 1. The lowest BCUT2D eigenvalue weighted by molar-refractivity contribution is -0.0613. The maximum absolute atomic E-state index is 12.0. The fourth-order valence-electron chi connectivity index (χ4n) is 2.41. The number of allylic oxidation sites excluding steroid dienone is 1. The third-order valence-corrected chi connectivity index (χ3v) is 4.78. The Morgan fingerprint density at radius 3 is 3.00 bits per heavy atom. The number of unbranched alkanes of at least 4 members (excludes halogenated alkanes) is 2. The Bertz CT molecular complexity index is 473. The molecule has 2 heterocycles. The summed E-state index contributed by atoms with van der Waals surface area (Å²) in [5.41, 5.74) is 5.53. The molecule has 2 rings (SSSR count). The number of nitrogens with zero attached hydrogens (tertiary/aromatic N) is 2. The van der Waals surface area contributed by atoms with Crippen molar-refractivity contribution in [3.63, 3.8) is 0 Å². The summed E-state index contributed by atoms with van der Waals surface area (Å²) in [4.78, 5) is 6.01. The van der Waals surface area contributed by atoms with E-state index in [0.717, 1.165) is 19.3 Å². The number of aliphatic hydroxyl groups is 1. The van der Waals surface area contributed by atoms with E-state index in [9.17, 15) is 9.67 Å². The molecule has 0 saturated carbocycles. The third-order valence-electron chi connectivity index (χ3n) is 3.73. The summed E-state index contributed by atoms with van der Waals surface area (Å²) >= 11 is 0. The van der Waals surface area contributed by atoms with E-state index in [-0.39, 0.29) is 12.8 Å². The molecule has 132 valence electrons. The van der Waals surface area contributed by atoms with Crippen LogP contribution < -0.4 is 5.50 Å². The van der Waals surface area contributed by atoms with E-state index >= 15 is 0 Å². The summed E-state index contributed by atoms with van der Waals surface area (Å²) in [7, 11) is -3.61. The average molecular weight is 347 g/mol. The van der Waals surface area contributed by atoms with Gasteiger partial charge in [0.05, 0.1) is 19.3 Å². The number of nitrogens with two attached hydrogens (primary N) is 1. The lowest BCUT2D eigenvalue weighted by Crippen LogP contribution is -2.33. The molecule has 0 aromatic heterocycles.